The Morgan fingerprint density at radius 2 is 1.92 bits per heavy atom. The van der Waals surface area contributed by atoms with E-state index >= 15 is 0 Å². The third-order valence-electron chi connectivity index (χ3n) is 4.13. The molecular formula is C20H25N5O. The molecule has 6 nitrogen and oxygen atoms in total. The van der Waals surface area contributed by atoms with Crippen molar-refractivity contribution in [3.63, 3.8) is 0 Å². The van der Waals surface area contributed by atoms with Crippen molar-refractivity contribution in [1.82, 2.24) is 20.2 Å². The molecule has 0 radical (unpaired) electrons. The van der Waals surface area contributed by atoms with Gasteiger partial charge in [0.05, 0.1) is 0 Å². The zero-order valence-electron chi connectivity index (χ0n) is 15.4. The molecule has 0 saturated carbocycles. The summed E-state index contributed by atoms with van der Waals surface area (Å²) in [4.78, 5) is 0. The van der Waals surface area contributed by atoms with E-state index in [1.165, 1.54) is 5.56 Å². The van der Waals surface area contributed by atoms with Crippen LogP contribution in [0.4, 0.5) is 5.95 Å². The van der Waals surface area contributed by atoms with Gasteiger partial charge in [0.15, 0.2) is 0 Å². The van der Waals surface area contributed by atoms with E-state index in [9.17, 15) is 0 Å². The van der Waals surface area contributed by atoms with Gasteiger partial charge in [-0.25, -0.2) is 4.68 Å². The van der Waals surface area contributed by atoms with Crippen molar-refractivity contribution in [3.8, 4) is 5.75 Å². The Kier molecular flexibility index (Phi) is 6.19. The molecule has 0 spiro atoms. The van der Waals surface area contributed by atoms with Crippen LogP contribution in [0.5, 0.6) is 5.75 Å². The van der Waals surface area contributed by atoms with Crippen molar-refractivity contribution < 1.29 is 4.74 Å². The number of nitrogens with one attached hydrogen (secondary N) is 1. The molecule has 0 atom stereocenters. The van der Waals surface area contributed by atoms with Gasteiger partial charge < -0.3 is 10.1 Å². The van der Waals surface area contributed by atoms with Crippen LogP contribution in [0.15, 0.2) is 48.5 Å². The van der Waals surface area contributed by atoms with Gasteiger partial charge in [-0.15, -0.1) is 0 Å². The summed E-state index contributed by atoms with van der Waals surface area (Å²) >= 11 is 0. The van der Waals surface area contributed by atoms with Crippen LogP contribution in [0.25, 0.3) is 0 Å². The summed E-state index contributed by atoms with van der Waals surface area (Å²) in [6.45, 7) is 6.27. The molecule has 2 aromatic carbocycles. The van der Waals surface area contributed by atoms with Crippen molar-refractivity contribution in [1.29, 1.82) is 0 Å². The van der Waals surface area contributed by atoms with Crippen molar-refractivity contribution in [2.75, 3.05) is 5.32 Å². The molecule has 0 unspecified atom stereocenters. The van der Waals surface area contributed by atoms with E-state index in [0.717, 1.165) is 36.3 Å². The zero-order chi connectivity index (χ0) is 18.2. The number of hydrogen-bond donors (Lipinski definition) is 1. The fourth-order valence-corrected chi connectivity index (χ4v) is 2.57. The molecule has 0 amide bonds. The Morgan fingerprint density at radius 3 is 2.73 bits per heavy atom. The van der Waals surface area contributed by atoms with Crippen molar-refractivity contribution in [2.45, 2.75) is 46.4 Å². The lowest BCUT2D eigenvalue weighted by Crippen LogP contribution is -2.09. The molecule has 0 aliphatic heterocycles. The molecular weight excluding hydrogens is 326 g/mol. The number of nitrogens with zero attached hydrogens (tertiary/aromatic N) is 4. The Labute approximate surface area is 154 Å². The second kappa shape index (κ2) is 8.99. The molecule has 1 heterocycles. The van der Waals surface area contributed by atoms with Crippen LogP contribution in [0.1, 0.15) is 36.5 Å². The average Bonchev–Trinajstić information content (AvgIpc) is 3.12. The Bertz CT molecular complexity index is 813. The number of ether oxygens (including phenoxy) is 1. The van der Waals surface area contributed by atoms with Crippen LogP contribution < -0.4 is 10.1 Å². The van der Waals surface area contributed by atoms with Gasteiger partial charge >= 0.3 is 0 Å². The van der Waals surface area contributed by atoms with Gasteiger partial charge in [0.1, 0.15) is 12.4 Å². The molecule has 3 rings (SSSR count). The molecule has 0 fully saturated rings. The van der Waals surface area contributed by atoms with Crippen LogP contribution in [-0.2, 0) is 19.7 Å². The van der Waals surface area contributed by atoms with Gasteiger partial charge in [0.25, 0.3) is 0 Å². The first kappa shape index (κ1) is 17.9. The van der Waals surface area contributed by atoms with E-state index in [0.29, 0.717) is 19.1 Å². The zero-order valence-corrected chi connectivity index (χ0v) is 15.4. The highest BCUT2D eigenvalue weighted by Crippen LogP contribution is 2.16. The highest BCUT2D eigenvalue weighted by atomic mass is 16.5. The van der Waals surface area contributed by atoms with Gasteiger partial charge in [-0.1, -0.05) is 60.4 Å². The standard InChI is InChI=1S/C20H25N5O/c1-3-4-12-25-20(22-23-24-25)21-14-18-6-5-7-19(13-18)26-15-17-10-8-16(2)9-11-17/h5-11,13H,3-4,12,14-15H2,1-2H3,(H,21,22,24). The summed E-state index contributed by atoms with van der Waals surface area (Å²) in [6, 6.07) is 16.5. The maximum Gasteiger partial charge on any atom is 0.243 e. The first-order valence-corrected chi connectivity index (χ1v) is 9.02. The Balaban J connectivity index is 1.55. The van der Waals surface area contributed by atoms with E-state index in [-0.39, 0.29) is 0 Å². The van der Waals surface area contributed by atoms with E-state index in [1.807, 2.05) is 18.2 Å². The lowest BCUT2D eigenvalue weighted by molar-refractivity contribution is 0.306. The molecule has 136 valence electrons. The van der Waals surface area contributed by atoms with Crippen molar-refractivity contribution in [3.05, 3.63) is 65.2 Å². The van der Waals surface area contributed by atoms with Crippen LogP contribution in [0.2, 0.25) is 0 Å². The smallest absolute Gasteiger partial charge is 0.243 e. The van der Waals surface area contributed by atoms with Crippen molar-refractivity contribution >= 4 is 5.95 Å². The minimum Gasteiger partial charge on any atom is -0.489 e. The molecule has 0 bridgehead atoms. The average molecular weight is 351 g/mol. The molecule has 0 saturated heterocycles. The first-order valence-electron chi connectivity index (χ1n) is 9.02. The highest BCUT2D eigenvalue weighted by Gasteiger charge is 2.05. The fourth-order valence-electron chi connectivity index (χ4n) is 2.57. The minimum atomic E-state index is 0.562. The largest absolute Gasteiger partial charge is 0.489 e. The maximum atomic E-state index is 5.91. The van der Waals surface area contributed by atoms with E-state index in [1.54, 1.807) is 4.68 Å². The number of benzene rings is 2. The summed E-state index contributed by atoms with van der Waals surface area (Å²) < 4.78 is 7.72. The number of rotatable bonds is 9. The topological polar surface area (TPSA) is 64.9 Å². The van der Waals surface area contributed by atoms with E-state index in [4.69, 9.17) is 4.74 Å². The summed E-state index contributed by atoms with van der Waals surface area (Å²) in [5.74, 6) is 1.56. The quantitative estimate of drug-likeness (QED) is 0.632. The maximum absolute atomic E-state index is 5.91. The minimum absolute atomic E-state index is 0.562. The lowest BCUT2D eigenvalue weighted by atomic mass is 10.2. The predicted molar refractivity (Wildman–Crippen MR) is 102 cm³/mol. The van der Waals surface area contributed by atoms with Crippen LogP contribution in [-0.4, -0.2) is 20.2 Å². The summed E-state index contributed by atoms with van der Waals surface area (Å²) in [5.41, 5.74) is 3.54. The van der Waals surface area contributed by atoms with Gasteiger partial charge in [-0.3, -0.25) is 0 Å². The number of unbranched alkanes of at least 4 members (excludes halogenated alkanes) is 1. The third kappa shape index (κ3) is 5.05. The summed E-state index contributed by atoms with van der Waals surface area (Å²) in [7, 11) is 0. The normalized spacial score (nSPS) is 10.7. The van der Waals surface area contributed by atoms with E-state index in [2.05, 4.69) is 65.0 Å². The Hall–Kier alpha value is -2.89. The number of aromatic nitrogens is 4. The number of aryl methyl sites for hydroxylation is 2. The number of hydrogen-bond acceptors (Lipinski definition) is 5. The molecule has 1 aromatic heterocycles. The van der Waals surface area contributed by atoms with Gasteiger partial charge in [-0.05, 0) is 47.0 Å². The lowest BCUT2D eigenvalue weighted by Gasteiger charge is -2.10. The molecule has 1 N–H and O–H groups in total. The van der Waals surface area contributed by atoms with Crippen LogP contribution in [0.3, 0.4) is 0 Å². The predicted octanol–water partition coefficient (Wildman–Crippen LogP) is 3.97. The SMILES string of the molecule is CCCCn1nnnc1NCc1cccc(OCc2ccc(C)cc2)c1. The molecule has 6 heteroatoms. The first-order chi connectivity index (χ1) is 12.7. The molecule has 26 heavy (non-hydrogen) atoms. The van der Waals surface area contributed by atoms with Gasteiger partial charge in [-0.2, -0.15) is 0 Å². The number of anilines is 1. The van der Waals surface area contributed by atoms with Crippen molar-refractivity contribution in [2.24, 2.45) is 0 Å². The fraction of sp³-hybridized carbons (Fsp3) is 0.350. The molecule has 0 aliphatic rings. The Morgan fingerprint density at radius 1 is 1.08 bits per heavy atom. The van der Waals surface area contributed by atoms with E-state index < -0.39 is 0 Å². The summed E-state index contributed by atoms with van der Waals surface area (Å²) in [5, 5.41) is 15.1. The van der Waals surface area contributed by atoms with Crippen LogP contribution in [0, 0.1) is 6.92 Å². The third-order valence-corrected chi connectivity index (χ3v) is 4.13. The highest BCUT2D eigenvalue weighted by molar-refractivity contribution is 5.32. The second-order valence-electron chi connectivity index (χ2n) is 6.35. The van der Waals surface area contributed by atoms with Gasteiger partial charge in [0.2, 0.25) is 5.95 Å². The molecule has 3 aromatic rings. The van der Waals surface area contributed by atoms with Crippen LogP contribution >= 0.6 is 0 Å². The summed E-state index contributed by atoms with van der Waals surface area (Å²) in [6.07, 6.45) is 2.17. The second-order valence-corrected chi connectivity index (χ2v) is 6.35. The molecule has 0 aliphatic carbocycles. The number of tetrazole rings is 1. The van der Waals surface area contributed by atoms with Gasteiger partial charge in [0, 0.05) is 13.1 Å². The monoisotopic (exact) mass is 351 g/mol.